The van der Waals surface area contributed by atoms with Gasteiger partial charge in [0.1, 0.15) is 0 Å². The van der Waals surface area contributed by atoms with Gasteiger partial charge in [0.15, 0.2) is 0 Å². The average molecular weight is 249 g/mol. The van der Waals surface area contributed by atoms with Crippen LogP contribution in [0.3, 0.4) is 0 Å². The van der Waals surface area contributed by atoms with Crippen LogP contribution >= 0.6 is 0 Å². The maximum atomic E-state index is 4.24. The lowest BCUT2D eigenvalue weighted by atomic mass is 9.91. The van der Waals surface area contributed by atoms with Gasteiger partial charge in [-0.3, -0.25) is 4.68 Å². The second kappa shape index (κ2) is 6.37. The molecule has 3 atom stereocenters. The SMILES string of the molecule is CCCNC1CCC(CCc2ccnn2C)C1C. The topological polar surface area (TPSA) is 29.9 Å². The molecule has 1 aromatic heterocycles. The summed E-state index contributed by atoms with van der Waals surface area (Å²) in [5.74, 6) is 1.71. The molecule has 1 fully saturated rings. The molecule has 3 heteroatoms. The number of nitrogens with zero attached hydrogens (tertiary/aromatic N) is 2. The molecule has 3 nitrogen and oxygen atoms in total. The first-order valence-electron chi connectivity index (χ1n) is 7.42. The fraction of sp³-hybridized carbons (Fsp3) is 0.800. The summed E-state index contributed by atoms with van der Waals surface area (Å²) >= 11 is 0. The first-order valence-corrected chi connectivity index (χ1v) is 7.42. The smallest absolute Gasteiger partial charge is 0.0492 e. The Labute approximate surface area is 111 Å². The van der Waals surface area contributed by atoms with Crippen molar-refractivity contribution in [1.29, 1.82) is 0 Å². The standard InChI is InChI=1S/C15H27N3/c1-4-10-16-15-8-6-13(12(15)2)5-7-14-9-11-17-18(14)3/h9,11-13,15-16H,4-8,10H2,1-3H3. The van der Waals surface area contributed by atoms with Crippen LogP contribution in [-0.4, -0.2) is 22.4 Å². The van der Waals surface area contributed by atoms with E-state index in [0.29, 0.717) is 0 Å². The number of aryl methyl sites for hydroxylation is 2. The molecule has 0 radical (unpaired) electrons. The van der Waals surface area contributed by atoms with E-state index in [-0.39, 0.29) is 0 Å². The molecule has 1 heterocycles. The van der Waals surface area contributed by atoms with Gasteiger partial charge in [0, 0.05) is 25.0 Å². The van der Waals surface area contributed by atoms with Crippen molar-refractivity contribution in [3.05, 3.63) is 18.0 Å². The summed E-state index contributed by atoms with van der Waals surface area (Å²) in [6.07, 6.45) is 8.37. The van der Waals surface area contributed by atoms with Crippen molar-refractivity contribution in [1.82, 2.24) is 15.1 Å². The predicted octanol–water partition coefficient (Wildman–Crippen LogP) is 2.77. The van der Waals surface area contributed by atoms with E-state index < -0.39 is 0 Å². The predicted molar refractivity (Wildman–Crippen MR) is 75.5 cm³/mol. The highest BCUT2D eigenvalue weighted by Gasteiger charge is 2.31. The molecule has 18 heavy (non-hydrogen) atoms. The largest absolute Gasteiger partial charge is 0.314 e. The Balaban J connectivity index is 1.79. The van der Waals surface area contributed by atoms with Gasteiger partial charge in [0.05, 0.1) is 0 Å². The van der Waals surface area contributed by atoms with Crippen LogP contribution in [0.25, 0.3) is 0 Å². The third-order valence-electron chi connectivity index (χ3n) is 4.58. The molecule has 0 aliphatic heterocycles. The van der Waals surface area contributed by atoms with Crippen molar-refractivity contribution in [3.63, 3.8) is 0 Å². The lowest BCUT2D eigenvalue weighted by Gasteiger charge is -2.21. The van der Waals surface area contributed by atoms with Crippen molar-refractivity contribution in [2.45, 2.75) is 52.0 Å². The quantitative estimate of drug-likeness (QED) is 0.840. The van der Waals surface area contributed by atoms with E-state index in [1.807, 2.05) is 17.9 Å². The lowest BCUT2D eigenvalue weighted by Crippen LogP contribution is -2.33. The number of hydrogen-bond donors (Lipinski definition) is 1. The summed E-state index contributed by atoms with van der Waals surface area (Å²) in [6.45, 7) is 5.84. The molecule has 0 bridgehead atoms. The monoisotopic (exact) mass is 249 g/mol. The summed E-state index contributed by atoms with van der Waals surface area (Å²) in [5.41, 5.74) is 1.37. The van der Waals surface area contributed by atoms with Crippen LogP contribution in [0.2, 0.25) is 0 Å². The highest BCUT2D eigenvalue weighted by Crippen LogP contribution is 2.34. The van der Waals surface area contributed by atoms with Gasteiger partial charge in [-0.15, -0.1) is 0 Å². The minimum Gasteiger partial charge on any atom is -0.314 e. The zero-order valence-electron chi connectivity index (χ0n) is 12.0. The van der Waals surface area contributed by atoms with Gasteiger partial charge in [-0.1, -0.05) is 13.8 Å². The molecular formula is C15H27N3. The highest BCUT2D eigenvalue weighted by atomic mass is 15.2. The molecule has 0 aromatic carbocycles. The second-order valence-electron chi connectivity index (χ2n) is 5.74. The van der Waals surface area contributed by atoms with E-state index >= 15 is 0 Å². The fourth-order valence-corrected chi connectivity index (χ4v) is 3.25. The molecule has 0 amide bonds. The highest BCUT2D eigenvalue weighted by molar-refractivity contribution is 5.01. The van der Waals surface area contributed by atoms with E-state index in [2.05, 4.69) is 30.3 Å². The van der Waals surface area contributed by atoms with Gasteiger partial charge in [-0.05, 0) is 56.6 Å². The van der Waals surface area contributed by atoms with Crippen LogP contribution in [0, 0.1) is 11.8 Å². The molecule has 2 rings (SSSR count). The molecule has 102 valence electrons. The minimum atomic E-state index is 0.751. The van der Waals surface area contributed by atoms with E-state index in [1.165, 1.54) is 44.3 Å². The first kappa shape index (κ1) is 13.6. The number of nitrogens with one attached hydrogen (secondary N) is 1. The van der Waals surface area contributed by atoms with Crippen molar-refractivity contribution in [2.24, 2.45) is 18.9 Å². The normalized spacial score (nSPS) is 27.8. The summed E-state index contributed by atoms with van der Waals surface area (Å²) in [7, 11) is 2.04. The Kier molecular flexibility index (Phi) is 4.81. The minimum absolute atomic E-state index is 0.751. The summed E-state index contributed by atoms with van der Waals surface area (Å²) in [4.78, 5) is 0. The van der Waals surface area contributed by atoms with E-state index in [0.717, 1.165) is 17.9 Å². The maximum Gasteiger partial charge on any atom is 0.0492 e. The van der Waals surface area contributed by atoms with Crippen LogP contribution in [0.4, 0.5) is 0 Å². The third kappa shape index (κ3) is 3.14. The Morgan fingerprint density at radius 1 is 1.44 bits per heavy atom. The first-order chi connectivity index (χ1) is 8.72. The van der Waals surface area contributed by atoms with E-state index in [9.17, 15) is 0 Å². The fourth-order valence-electron chi connectivity index (χ4n) is 3.25. The molecule has 1 N–H and O–H groups in total. The Morgan fingerprint density at radius 3 is 2.94 bits per heavy atom. The second-order valence-corrected chi connectivity index (χ2v) is 5.74. The molecule has 1 saturated carbocycles. The van der Waals surface area contributed by atoms with Gasteiger partial charge in [-0.25, -0.2) is 0 Å². The van der Waals surface area contributed by atoms with Crippen LogP contribution in [0.1, 0.15) is 45.2 Å². The molecular weight excluding hydrogens is 222 g/mol. The third-order valence-corrected chi connectivity index (χ3v) is 4.58. The number of hydrogen-bond acceptors (Lipinski definition) is 2. The van der Waals surface area contributed by atoms with Gasteiger partial charge in [-0.2, -0.15) is 5.10 Å². The number of rotatable bonds is 6. The Morgan fingerprint density at radius 2 is 2.28 bits per heavy atom. The van der Waals surface area contributed by atoms with Crippen LogP contribution in [-0.2, 0) is 13.5 Å². The summed E-state index contributed by atoms with van der Waals surface area (Å²) < 4.78 is 2.01. The van der Waals surface area contributed by atoms with Gasteiger partial charge in [0.2, 0.25) is 0 Å². The molecule has 0 saturated heterocycles. The molecule has 1 aliphatic carbocycles. The molecule has 0 spiro atoms. The van der Waals surface area contributed by atoms with Gasteiger partial charge < -0.3 is 5.32 Å². The molecule has 1 aromatic rings. The maximum absolute atomic E-state index is 4.24. The zero-order chi connectivity index (χ0) is 13.0. The van der Waals surface area contributed by atoms with Crippen molar-refractivity contribution in [3.8, 4) is 0 Å². The molecule has 3 unspecified atom stereocenters. The van der Waals surface area contributed by atoms with Crippen molar-refractivity contribution < 1.29 is 0 Å². The summed E-state index contributed by atoms with van der Waals surface area (Å²) in [5, 5.41) is 7.94. The van der Waals surface area contributed by atoms with Crippen LogP contribution in [0.5, 0.6) is 0 Å². The van der Waals surface area contributed by atoms with E-state index in [1.54, 1.807) is 0 Å². The van der Waals surface area contributed by atoms with Gasteiger partial charge >= 0.3 is 0 Å². The summed E-state index contributed by atoms with van der Waals surface area (Å²) in [6, 6.07) is 2.90. The lowest BCUT2D eigenvalue weighted by molar-refractivity contribution is 0.336. The Hall–Kier alpha value is -0.830. The Bertz CT molecular complexity index is 358. The van der Waals surface area contributed by atoms with Crippen molar-refractivity contribution >= 4 is 0 Å². The zero-order valence-corrected chi connectivity index (χ0v) is 12.0. The van der Waals surface area contributed by atoms with Gasteiger partial charge in [0.25, 0.3) is 0 Å². The van der Waals surface area contributed by atoms with Crippen LogP contribution in [0.15, 0.2) is 12.3 Å². The van der Waals surface area contributed by atoms with Crippen molar-refractivity contribution in [2.75, 3.05) is 6.54 Å². The van der Waals surface area contributed by atoms with E-state index in [4.69, 9.17) is 0 Å². The molecule has 1 aliphatic rings. The van der Waals surface area contributed by atoms with Crippen LogP contribution < -0.4 is 5.32 Å². The average Bonchev–Trinajstić information content (AvgIpc) is 2.92. The number of aromatic nitrogens is 2.